The first kappa shape index (κ1) is 22.4. The third-order valence-electron chi connectivity index (χ3n) is 5.00. The molecule has 0 spiro atoms. The van der Waals surface area contributed by atoms with Crippen molar-refractivity contribution in [1.29, 1.82) is 0 Å². The molecule has 0 aliphatic heterocycles. The van der Waals surface area contributed by atoms with Crippen molar-refractivity contribution in [1.82, 2.24) is 25.0 Å². The van der Waals surface area contributed by atoms with E-state index in [0.29, 0.717) is 13.0 Å². The Balaban J connectivity index is 1.43. The van der Waals surface area contributed by atoms with Gasteiger partial charge in [-0.05, 0) is 55.8 Å². The highest BCUT2D eigenvalue weighted by Crippen LogP contribution is 2.20. The molecular formula is C22H25F2N5O2. The molecule has 3 aromatic rings. The maximum Gasteiger partial charge on any atom is 0.387 e. The van der Waals surface area contributed by atoms with E-state index in [9.17, 15) is 13.6 Å². The second-order valence-electron chi connectivity index (χ2n) is 7.15. The molecular weight excluding hydrogens is 404 g/mol. The molecule has 1 N–H and O–H groups in total. The lowest BCUT2D eigenvalue weighted by atomic mass is 10.1. The Morgan fingerprint density at radius 1 is 1.16 bits per heavy atom. The van der Waals surface area contributed by atoms with E-state index in [1.165, 1.54) is 18.5 Å². The molecule has 9 heteroatoms. The van der Waals surface area contributed by atoms with Gasteiger partial charge in [-0.1, -0.05) is 24.3 Å². The first-order chi connectivity index (χ1) is 14.9. The number of carbonyl (C=O) groups excluding carboxylic acids is 1. The lowest BCUT2D eigenvalue weighted by Crippen LogP contribution is -2.37. The summed E-state index contributed by atoms with van der Waals surface area (Å²) >= 11 is 0. The monoisotopic (exact) mass is 429 g/mol. The minimum absolute atomic E-state index is 0.0536. The number of ether oxygens (including phenoxy) is 1. The molecule has 0 radical (unpaired) electrons. The van der Waals surface area contributed by atoms with Gasteiger partial charge in [-0.15, -0.1) is 0 Å². The predicted molar refractivity (Wildman–Crippen MR) is 112 cm³/mol. The lowest BCUT2D eigenvalue weighted by Gasteiger charge is -2.24. The molecule has 31 heavy (non-hydrogen) atoms. The van der Waals surface area contributed by atoms with Gasteiger partial charge >= 0.3 is 6.61 Å². The van der Waals surface area contributed by atoms with E-state index in [-0.39, 0.29) is 24.2 Å². The van der Waals surface area contributed by atoms with Gasteiger partial charge < -0.3 is 10.1 Å². The van der Waals surface area contributed by atoms with E-state index in [1.54, 1.807) is 23.1 Å². The normalized spacial score (nSPS) is 12.2. The zero-order chi connectivity index (χ0) is 22.2. The first-order valence-corrected chi connectivity index (χ1v) is 9.88. The fourth-order valence-corrected chi connectivity index (χ4v) is 3.10. The van der Waals surface area contributed by atoms with Crippen molar-refractivity contribution in [3.63, 3.8) is 0 Å². The van der Waals surface area contributed by atoms with Crippen molar-refractivity contribution in [2.24, 2.45) is 0 Å². The fraction of sp³-hybridized carbons (Fsp3) is 0.318. The number of aromatic nitrogens is 3. The average molecular weight is 429 g/mol. The number of amides is 1. The van der Waals surface area contributed by atoms with Crippen LogP contribution in [-0.4, -0.2) is 52.3 Å². The van der Waals surface area contributed by atoms with E-state index >= 15 is 0 Å². The molecule has 0 bridgehead atoms. The summed E-state index contributed by atoms with van der Waals surface area (Å²) in [7, 11) is 1.90. The number of hydrogen-bond donors (Lipinski definition) is 1. The van der Waals surface area contributed by atoms with Crippen LogP contribution in [0, 0.1) is 0 Å². The van der Waals surface area contributed by atoms with Gasteiger partial charge in [0.05, 0.1) is 12.2 Å². The molecule has 1 aromatic heterocycles. The quantitative estimate of drug-likeness (QED) is 0.536. The van der Waals surface area contributed by atoms with Crippen LogP contribution in [0.1, 0.15) is 24.1 Å². The molecule has 0 aliphatic rings. The van der Waals surface area contributed by atoms with E-state index in [2.05, 4.69) is 20.1 Å². The summed E-state index contributed by atoms with van der Waals surface area (Å²) in [4.78, 5) is 18.2. The Hall–Kier alpha value is -3.33. The number of halogens is 2. The van der Waals surface area contributed by atoms with Crippen LogP contribution in [0.2, 0.25) is 0 Å². The molecule has 2 aromatic carbocycles. The molecule has 1 atom stereocenters. The third-order valence-corrected chi connectivity index (χ3v) is 5.00. The van der Waals surface area contributed by atoms with E-state index < -0.39 is 6.61 Å². The molecule has 0 saturated carbocycles. The number of benzene rings is 2. The van der Waals surface area contributed by atoms with E-state index in [4.69, 9.17) is 0 Å². The molecule has 1 unspecified atom stereocenters. The smallest absolute Gasteiger partial charge is 0.387 e. The van der Waals surface area contributed by atoms with Crippen LogP contribution in [0.5, 0.6) is 5.75 Å². The van der Waals surface area contributed by atoms with Crippen LogP contribution < -0.4 is 10.1 Å². The Morgan fingerprint density at radius 2 is 1.87 bits per heavy atom. The lowest BCUT2D eigenvalue weighted by molar-refractivity contribution is -0.122. The predicted octanol–water partition coefficient (Wildman–Crippen LogP) is 3.22. The molecule has 1 amide bonds. The number of alkyl halides is 2. The summed E-state index contributed by atoms with van der Waals surface area (Å²) < 4.78 is 30.4. The largest absolute Gasteiger partial charge is 0.435 e. The summed E-state index contributed by atoms with van der Waals surface area (Å²) in [6.07, 6.45) is 3.73. The highest BCUT2D eigenvalue weighted by Gasteiger charge is 2.15. The SMILES string of the molecule is CC(c1ccc(-n2cncn2)cc1)N(C)CC(=O)NCCc1ccc(OC(F)F)cc1. The number of rotatable bonds is 10. The van der Waals surface area contributed by atoms with Crippen molar-refractivity contribution >= 4 is 5.91 Å². The maximum absolute atomic E-state index is 12.3. The Labute approximate surface area is 179 Å². The van der Waals surface area contributed by atoms with Crippen LogP contribution >= 0.6 is 0 Å². The molecule has 0 fully saturated rings. The summed E-state index contributed by atoms with van der Waals surface area (Å²) in [5.74, 6) is 0.0407. The molecule has 164 valence electrons. The number of carbonyl (C=O) groups is 1. The first-order valence-electron chi connectivity index (χ1n) is 9.88. The number of likely N-dealkylation sites (N-methyl/N-ethyl adjacent to an activating group) is 1. The van der Waals surface area contributed by atoms with Crippen LogP contribution in [-0.2, 0) is 11.2 Å². The number of hydrogen-bond acceptors (Lipinski definition) is 5. The fourth-order valence-electron chi connectivity index (χ4n) is 3.10. The Kier molecular flexibility index (Phi) is 7.66. The van der Waals surface area contributed by atoms with Gasteiger partial charge in [0.15, 0.2) is 0 Å². The van der Waals surface area contributed by atoms with Crippen molar-refractivity contribution in [2.45, 2.75) is 26.0 Å². The molecule has 0 aliphatic carbocycles. The van der Waals surface area contributed by atoms with Crippen LogP contribution in [0.25, 0.3) is 5.69 Å². The van der Waals surface area contributed by atoms with Gasteiger partial charge in [0, 0.05) is 12.6 Å². The summed E-state index contributed by atoms with van der Waals surface area (Å²) in [5, 5.41) is 7.00. The summed E-state index contributed by atoms with van der Waals surface area (Å²) in [5.41, 5.74) is 2.93. The van der Waals surface area contributed by atoms with Gasteiger partial charge in [0.25, 0.3) is 0 Å². The zero-order valence-electron chi connectivity index (χ0n) is 17.4. The van der Waals surface area contributed by atoms with E-state index in [0.717, 1.165) is 16.8 Å². The molecule has 3 rings (SSSR count). The zero-order valence-corrected chi connectivity index (χ0v) is 17.4. The minimum atomic E-state index is -2.84. The topological polar surface area (TPSA) is 72.3 Å². The van der Waals surface area contributed by atoms with Gasteiger partial charge in [-0.25, -0.2) is 9.67 Å². The molecule has 1 heterocycles. The highest BCUT2D eigenvalue weighted by molar-refractivity contribution is 5.78. The second-order valence-corrected chi connectivity index (χ2v) is 7.15. The van der Waals surface area contributed by atoms with Crippen molar-refractivity contribution in [3.8, 4) is 11.4 Å². The van der Waals surface area contributed by atoms with Gasteiger partial charge in [0.1, 0.15) is 18.4 Å². The number of nitrogens with one attached hydrogen (secondary N) is 1. The Morgan fingerprint density at radius 3 is 2.48 bits per heavy atom. The third kappa shape index (κ3) is 6.58. The van der Waals surface area contributed by atoms with Crippen LogP contribution in [0.4, 0.5) is 8.78 Å². The second kappa shape index (κ2) is 10.6. The molecule has 7 nitrogen and oxygen atoms in total. The van der Waals surface area contributed by atoms with E-state index in [1.807, 2.05) is 43.1 Å². The van der Waals surface area contributed by atoms with Crippen molar-refractivity contribution in [2.75, 3.05) is 20.1 Å². The van der Waals surface area contributed by atoms with Crippen LogP contribution in [0.3, 0.4) is 0 Å². The summed E-state index contributed by atoms with van der Waals surface area (Å²) in [6.45, 7) is -0.0763. The van der Waals surface area contributed by atoms with Gasteiger partial charge in [-0.2, -0.15) is 13.9 Å². The Bertz CT molecular complexity index is 947. The van der Waals surface area contributed by atoms with Gasteiger partial charge in [-0.3, -0.25) is 9.69 Å². The van der Waals surface area contributed by atoms with Gasteiger partial charge in [0.2, 0.25) is 5.91 Å². The average Bonchev–Trinajstić information content (AvgIpc) is 3.29. The molecule has 0 saturated heterocycles. The van der Waals surface area contributed by atoms with Crippen molar-refractivity contribution < 1.29 is 18.3 Å². The standard InChI is InChI=1S/C22H25F2N5O2/c1-16(18-5-7-19(8-6-18)29-15-25-14-27-29)28(2)13-21(30)26-12-11-17-3-9-20(10-4-17)31-22(23)24/h3-10,14-16,22H,11-13H2,1-2H3,(H,26,30). The van der Waals surface area contributed by atoms with Crippen LogP contribution in [0.15, 0.2) is 61.2 Å². The maximum atomic E-state index is 12.3. The van der Waals surface area contributed by atoms with Crippen molar-refractivity contribution in [3.05, 3.63) is 72.3 Å². The highest BCUT2D eigenvalue weighted by atomic mass is 19.3. The summed E-state index contributed by atoms with van der Waals surface area (Å²) in [6, 6.07) is 14.4. The minimum Gasteiger partial charge on any atom is -0.435 e. The number of nitrogens with zero attached hydrogens (tertiary/aromatic N) is 4.